The summed E-state index contributed by atoms with van der Waals surface area (Å²) in [5, 5.41) is 6.98. The van der Waals surface area contributed by atoms with Gasteiger partial charge in [-0.1, -0.05) is 18.0 Å². The Morgan fingerprint density at radius 3 is 2.97 bits per heavy atom. The van der Waals surface area contributed by atoms with Crippen molar-refractivity contribution in [1.82, 2.24) is 25.3 Å². The largest absolute Gasteiger partial charge is 0.359 e. The molecule has 8 nitrogen and oxygen atoms in total. The molecule has 2 aromatic heterocycles. The minimum Gasteiger partial charge on any atom is -0.359 e. The molecule has 0 bridgehead atoms. The summed E-state index contributed by atoms with van der Waals surface area (Å²) < 4.78 is 5.39. The highest BCUT2D eigenvalue weighted by atomic mass is 16.5. The summed E-state index contributed by atoms with van der Waals surface area (Å²) in [5.74, 6) is 0.484. The Morgan fingerprint density at radius 1 is 1.38 bits per heavy atom. The number of aromatic nitrogens is 2. The zero-order valence-electron chi connectivity index (χ0n) is 16.7. The molecule has 2 aromatic rings. The highest BCUT2D eigenvalue weighted by Gasteiger charge is 2.37. The minimum atomic E-state index is -0.387. The molecule has 154 valence electrons. The van der Waals surface area contributed by atoms with E-state index in [1.165, 1.54) is 12.8 Å². The Balaban J connectivity index is 1.38. The molecular formula is C21H27N5O3. The Hall–Kier alpha value is -2.74. The Kier molecular flexibility index (Phi) is 5.89. The van der Waals surface area contributed by atoms with Crippen LogP contribution >= 0.6 is 0 Å². The molecule has 3 heterocycles. The van der Waals surface area contributed by atoms with E-state index in [9.17, 15) is 9.59 Å². The van der Waals surface area contributed by atoms with Gasteiger partial charge in [-0.2, -0.15) is 0 Å². The van der Waals surface area contributed by atoms with Gasteiger partial charge in [-0.05, 0) is 25.0 Å². The van der Waals surface area contributed by atoms with E-state index in [2.05, 4.69) is 20.4 Å². The third kappa shape index (κ3) is 4.48. The lowest BCUT2D eigenvalue weighted by atomic mass is 10.0. The van der Waals surface area contributed by atoms with Crippen LogP contribution in [0.25, 0.3) is 11.3 Å². The number of hydrogen-bond donors (Lipinski definition) is 1. The minimum absolute atomic E-state index is 0.0385. The van der Waals surface area contributed by atoms with Gasteiger partial charge >= 0.3 is 0 Å². The van der Waals surface area contributed by atoms with Crippen LogP contribution in [0.3, 0.4) is 0 Å². The summed E-state index contributed by atoms with van der Waals surface area (Å²) in [6.07, 6.45) is 8.24. The van der Waals surface area contributed by atoms with Gasteiger partial charge in [-0.25, -0.2) is 0 Å². The summed E-state index contributed by atoms with van der Waals surface area (Å²) in [7, 11) is 1.73. The summed E-state index contributed by atoms with van der Waals surface area (Å²) >= 11 is 0. The standard InChI is InChI=1S/C21H27N5O3/c1-25(14-17-11-18(24-29-17)15-5-4-8-22-13-15)20(27)12-19-21(28)23-9-10-26(19)16-6-2-3-7-16/h4-5,8,11,13,16,19H,2-3,6-7,9-10,12,14H2,1H3,(H,23,28)/t19-/m1/s1. The van der Waals surface area contributed by atoms with Gasteiger partial charge in [0.2, 0.25) is 11.8 Å². The van der Waals surface area contributed by atoms with Gasteiger partial charge in [-0.15, -0.1) is 0 Å². The van der Waals surface area contributed by atoms with Crippen molar-refractivity contribution in [3.63, 3.8) is 0 Å². The van der Waals surface area contributed by atoms with Crippen LogP contribution in [0.5, 0.6) is 0 Å². The molecule has 2 fully saturated rings. The van der Waals surface area contributed by atoms with Crippen LogP contribution < -0.4 is 5.32 Å². The summed E-state index contributed by atoms with van der Waals surface area (Å²) in [6, 6.07) is 5.59. The van der Waals surface area contributed by atoms with Crippen molar-refractivity contribution >= 4 is 11.8 Å². The van der Waals surface area contributed by atoms with Gasteiger partial charge in [0.1, 0.15) is 5.69 Å². The fourth-order valence-electron chi connectivity index (χ4n) is 4.30. The van der Waals surface area contributed by atoms with E-state index in [0.717, 1.165) is 24.9 Å². The van der Waals surface area contributed by atoms with Crippen LogP contribution in [-0.4, -0.2) is 64.0 Å². The van der Waals surface area contributed by atoms with Crippen molar-refractivity contribution in [3.05, 3.63) is 36.4 Å². The molecule has 1 N–H and O–H groups in total. The molecule has 4 rings (SSSR count). The molecule has 0 aromatic carbocycles. The zero-order valence-corrected chi connectivity index (χ0v) is 16.7. The maximum Gasteiger partial charge on any atom is 0.237 e. The number of carbonyl (C=O) groups is 2. The monoisotopic (exact) mass is 397 g/mol. The molecule has 2 aliphatic rings. The zero-order chi connectivity index (χ0) is 20.2. The first-order chi connectivity index (χ1) is 14.1. The number of piperazine rings is 1. The highest BCUT2D eigenvalue weighted by Crippen LogP contribution is 2.27. The van der Waals surface area contributed by atoms with Crippen LogP contribution in [0.1, 0.15) is 37.9 Å². The van der Waals surface area contributed by atoms with Gasteiger partial charge < -0.3 is 14.7 Å². The quantitative estimate of drug-likeness (QED) is 0.800. The molecule has 1 aliphatic carbocycles. The lowest BCUT2D eigenvalue weighted by Crippen LogP contribution is -2.59. The maximum absolute atomic E-state index is 12.8. The van der Waals surface area contributed by atoms with E-state index in [-0.39, 0.29) is 24.3 Å². The van der Waals surface area contributed by atoms with Crippen LogP contribution in [0.4, 0.5) is 0 Å². The Bertz CT molecular complexity index is 847. The third-order valence-electron chi connectivity index (χ3n) is 5.87. The van der Waals surface area contributed by atoms with Crippen molar-refractivity contribution in [2.24, 2.45) is 0 Å². The lowest BCUT2D eigenvalue weighted by Gasteiger charge is -2.39. The number of carbonyl (C=O) groups excluding carboxylic acids is 2. The second kappa shape index (κ2) is 8.73. The molecule has 29 heavy (non-hydrogen) atoms. The van der Waals surface area contributed by atoms with Gasteiger partial charge in [0, 0.05) is 50.2 Å². The van der Waals surface area contributed by atoms with E-state index >= 15 is 0 Å². The first-order valence-corrected chi connectivity index (χ1v) is 10.3. The van der Waals surface area contributed by atoms with Gasteiger partial charge in [0.05, 0.1) is 19.0 Å². The molecule has 2 amide bonds. The van der Waals surface area contributed by atoms with Crippen molar-refractivity contribution in [1.29, 1.82) is 0 Å². The van der Waals surface area contributed by atoms with E-state index in [4.69, 9.17) is 4.52 Å². The first kappa shape index (κ1) is 19.6. The fourth-order valence-corrected chi connectivity index (χ4v) is 4.30. The van der Waals surface area contributed by atoms with Crippen LogP contribution in [0.15, 0.2) is 35.1 Å². The van der Waals surface area contributed by atoms with E-state index in [0.29, 0.717) is 30.6 Å². The fraction of sp³-hybridized carbons (Fsp3) is 0.524. The average molecular weight is 397 g/mol. The number of nitrogens with zero attached hydrogens (tertiary/aromatic N) is 4. The maximum atomic E-state index is 12.8. The summed E-state index contributed by atoms with van der Waals surface area (Å²) in [4.78, 5) is 33.3. The highest BCUT2D eigenvalue weighted by molar-refractivity contribution is 5.88. The smallest absolute Gasteiger partial charge is 0.237 e. The third-order valence-corrected chi connectivity index (χ3v) is 5.87. The molecular weight excluding hydrogens is 370 g/mol. The van der Waals surface area contributed by atoms with Crippen molar-refractivity contribution in [3.8, 4) is 11.3 Å². The van der Waals surface area contributed by atoms with Crippen molar-refractivity contribution in [2.75, 3.05) is 20.1 Å². The molecule has 0 spiro atoms. The molecule has 1 atom stereocenters. The van der Waals surface area contributed by atoms with Crippen LogP contribution in [-0.2, 0) is 16.1 Å². The molecule has 1 aliphatic heterocycles. The molecule has 1 saturated carbocycles. The second-order valence-electron chi connectivity index (χ2n) is 7.86. The van der Waals surface area contributed by atoms with Gasteiger partial charge in [-0.3, -0.25) is 19.5 Å². The molecule has 0 unspecified atom stereocenters. The Labute approximate surface area is 170 Å². The summed E-state index contributed by atoms with van der Waals surface area (Å²) in [5.41, 5.74) is 1.55. The van der Waals surface area contributed by atoms with Gasteiger partial charge in [0.15, 0.2) is 5.76 Å². The van der Waals surface area contributed by atoms with Crippen LogP contribution in [0.2, 0.25) is 0 Å². The van der Waals surface area contributed by atoms with Crippen molar-refractivity contribution in [2.45, 2.75) is 50.7 Å². The number of rotatable bonds is 6. The molecule has 1 saturated heterocycles. The summed E-state index contributed by atoms with van der Waals surface area (Å²) in [6.45, 7) is 1.78. The molecule has 8 heteroatoms. The topological polar surface area (TPSA) is 91.6 Å². The lowest BCUT2D eigenvalue weighted by molar-refractivity contribution is -0.139. The molecule has 0 radical (unpaired) electrons. The first-order valence-electron chi connectivity index (χ1n) is 10.3. The average Bonchev–Trinajstić information content (AvgIpc) is 3.42. The second-order valence-corrected chi connectivity index (χ2v) is 7.86. The number of hydrogen-bond acceptors (Lipinski definition) is 6. The normalized spacial score (nSPS) is 20.6. The van der Waals surface area contributed by atoms with E-state index in [1.807, 2.05) is 18.2 Å². The predicted octanol–water partition coefficient (Wildman–Crippen LogP) is 1.83. The predicted molar refractivity (Wildman–Crippen MR) is 107 cm³/mol. The van der Waals surface area contributed by atoms with E-state index in [1.54, 1.807) is 24.3 Å². The number of amides is 2. The van der Waals surface area contributed by atoms with Crippen LogP contribution in [0, 0.1) is 0 Å². The number of pyridine rings is 1. The van der Waals surface area contributed by atoms with Crippen molar-refractivity contribution < 1.29 is 14.1 Å². The van der Waals surface area contributed by atoms with E-state index < -0.39 is 0 Å². The Morgan fingerprint density at radius 2 is 2.21 bits per heavy atom. The van der Waals surface area contributed by atoms with Gasteiger partial charge in [0.25, 0.3) is 0 Å². The SMILES string of the molecule is CN(Cc1cc(-c2cccnc2)no1)C(=O)C[C@@H]1C(=O)NCCN1C1CCCC1. The number of nitrogens with one attached hydrogen (secondary N) is 1.